The predicted octanol–water partition coefficient (Wildman–Crippen LogP) is 2.14. The van der Waals surface area contributed by atoms with Crippen LogP contribution in [0.15, 0.2) is 18.2 Å². The number of nitrogens with two attached hydrogens (primary N) is 1. The molecule has 0 atom stereocenters. The number of anilines is 3. The van der Waals surface area contributed by atoms with Crippen molar-refractivity contribution in [1.29, 1.82) is 0 Å². The lowest BCUT2D eigenvalue weighted by atomic mass is 10.3. The third kappa shape index (κ3) is 2.01. The van der Waals surface area contributed by atoms with Crippen molar-refractivity contribution in [2.45, 2.75) is 0 Å². The van der Waals surface area contributed by atoms with Gasteiger partial charge in [-0.2, -0.15) is 9.36 Å². The van der Waals surface area contributed by atoms with E-state index in [9.17, 15) is 8.78 Å². The zero-order valence-corrected chi connectivity index (χ0v) is 8.18. The van der Waals surface area contributed by atoms with Crippen molar-refractivity contribution < 1.29 is 8.78 Å². The standard InChI is InChI=1S/C8H6F2N4S/c9-4-2-1-3-5(10)6(4)12-8-13-7(11)14-15-8/h1-3H,(H3,11,12,13,14). The van der Waals surface area contributed by atoms with E-state index in [-0.39, 0.29) is 16.8 Å². The van der Waals surface area contributed by atoms with Crippen LogP contribution >= 0.6 is 11.5 Å². The Kier molecular flexibility index (Phi) is 2.46. The molecule has 0 fully saturated rings. The van der Waals surface area contributed by atoms with Gasteiger partial charge < -0.3 is 11.1 Å². The minimum absolute atomic E-state index is 0.0687. The Bertz CT molecular complexity index is 465. The molecule has 4 nitrogen and oxygen atoms in total. The second kappa shape index (κ2) is 3.77. The summed E-state index contributed by atoms with van der Waals surface area (Å²) in [4.78, 5) is 3.73. The molecule has 0 aliphatic carbocycles. The largest absolute Gasteiger partial charge is 0.367 e. The highest BCUT2D eigenvalue weighted by molar-refractivity contribution is 7.10. The summed E-state index contributed by atoms with van der Waals surface area (Å²) in [6, 6.07) is 3.58. The molecular formula is C8H6F2N4S. The van der Waals surface area contributed by atoms with Gasteiger partial charge in [0.15, 0.2) is 0 Å². The Hall–Kier alpha value is -1.76. The van der Waals surface area contributed by atoms with Gasteiger partial charge in [-0.15, -0.1) is 0 Å². The molecule has 1 aromatic carbocycles. The molecule has 1 aromatic heterocycles. The zero-order valence-electron chi connectivity index (χ0n) is 7.37. The molecule has 3 N–H and O–H groups in total. The summed E-state index contributed by atoms with van der Waals surface area (Å²) in [7, 11) is 0. The number of hydrogen-bond donors (Lipinski definition) is 2. The van der Waals surface area contributed by atoms with Gasteiger partial charge in [-0.3, -0.25) is 0 Å². The Morgan fingerprint density at radius 3 is 2.47 bits per heavy atom. The van der Waals surface area contributed by atoms with Crippen molar-refractivity contribution in [1.82, 2.24) is 9.36 Å². The summed E-state index contributed by atoms with van der Waals surface area (Å²) < 4.78 is 30.0. The van der Waals surface area contributed by atoms with E-state index in [0.717, 1.165) is 23.7 Å². The van der Waals surface area contributed by atoms with Crippen molar-refractivity contribution in [3.05, 3.63) is 29.8 Å². The fourth-order valence-electron chi connectivity index (χ4n) is 1.01. The van der Waals surface area contributed by atoms with Crippen LogP contribution in [0, 0.1) is 11.6 Å². The third-order valence-electron chi connectivity index (χ3n) is 1.64. The normalized spacial score (nSPS) is 10.3. The zero-order chi connectivity index (χ0) is 10.8. The lowest BCUT2D eigenvalue weighted by molar-refractivity contribution is 0.591. The van der Waals surface area contributed by atoms with Gasteiger partial charge in [-0.1, -0.05) is 6.07 Å². The van der Waals surface area contributed by atoms with Crippen molar-refractivity contribution in [2.24, 2.45) is 0 Å². The third-order valence-corrected chi connectivity index (χ3v) is 2.28. The maximum Gasteiger partial charge on any atom is 0.233 e. The minimum Gasteiger partial charge on any atom is -0.367 e. The molecule has 78 valence electrons. The molecule has 0 amide bonds. The molecule has 7 heteroatoms. The molecule has 15 heavy (non-hydrogen) atoms. The molecule has 2 rings (SSSR count). The molecular weight excluding hydrogens is 222 g/mol. The molecule has 2 aromatic rings. The molecule has 0 aliphatic rings. The summed E-state index contributed by atoms with van der Waals surface area (Å²) >= 11 is 0.931. The number of benzene rings is 1. The van der Waals surface area contributed by atoms with Crippen LogP contribution in [0.1, 0.15) is 0 Å². The van der Waals surface area contributed by atoms with E-state index in [0.29, 0.717) is 0 Å². The van der Waals surface area contributed by atoms with Crippen LogP contribution in [-0.4, -0.2) is 9.36 Å². The van der Waals surface area contributed by atoms with E-state index in [1.54, 1.807) is 0 Å². The lowest BCUT2D eigenvalue weighted by Crippen LogP contribution is -1.97. The van der Waals surface area contributed by atoms with Crippen LogP contribution < -0.4 is 11.1 Å². The number of nitrogens with zero attached hydrogens (tertiary/aromatic N) is 2. The number of aromatic nitrogens is 2. The topological polar surface area (TPSA) is 63.8 Å². The number of halogens is 2. The minimum atomic E-state index is -0.691. The molecule has 0 spiro atoms. The van der Waals surface area contributed by atoms with Crippen LogP contribution in [0.25, 0.3) is 0 Å². The highest BCUT2D eigenvalue weighted by Gasteiger charge is 2.10. The van der Waals surface area contributed by atoms with Gasteiger partial charge in [0.05, 0.1) is 0 Å². The Balaban J connectivity index is 2.31. The van der Waals surface area contributed by atoms with Crippen molar-refractivity contribution in [2.75, 3.05) is 11.1 Å². The Labute approximate surface area is 87.9 Å². The summed E-state index contributed by atoms with van der Waals surface area (Å²) in [6.45, 7) is 0. The molecule has 1 heterocycles. The molecule has 0 radical (unpaired) electrons. The first-order valence-corrected chi connectivity index (χ1v) is 4.74. The highest BCUT2D eigenvalue weighted by atomic mass is 32.1. The monoisotopic (exact) mass is 228 g/mol. The Morgan fingerprint density at radius 1 is 1.27 bits per heavy atom. The van der Waals surface area contributed by atoms with Crippen LogP contribution in [0.3, 0.4) is 0 Å². The van der Waals surface area contributed by atoms with Crippen molar-refractivity contribution in [3.63, 3.8) is 0 Å². The van der Waals surface area contributed by atoms with E-state index in [1.807, 2.05) is 0 Å². The highest BCUT2D eigenvalue weighted by Crippen LogP contribution is 2.24. The lowest BCUT2D eigenvalue weighted by Gasteiger charge is -2.03. The first-order chi connectivity index (χ1) is 7.16. The fourth-order valence-corrected chi connectivity index (χ4v) is 1.51. The first kappa shape index (κ1) is 9.78. The number of para-hydroxylation sites is 1. The molecule has 0 saturated heterocycles. The average molecular weight is 228 g/mol. The molecule has 0 saturated carbocycles. The van der Waals surface area contributed by atoms with Crippen molar-refractivity contribution >= 4 is 28.3 Å². The first-order valence-electron chi connectivity index (χ1n) is 3.97. The maximum absolute atomic E-state index is 13.2. The Morgan fingerprint density at radius 2 is 1.93 bits per heavy atom. The van der Waals surface area contributed by atoms with Gasteiger partial charge in [0.2, 0.25) is 11.1 Å². The molecule has 0 unspecified atom stereocenters. The second-order valence-electron chi connectivity index (χ2n) is 2.68. The van der Waals surface area contributed by atoms with Crippen molar-refractivity contribution in [3.8, 4) is 0 Å². The van der Waals surface area contributed by atoms with E-state index in [2.05, 4.69) is 14.7 Å². The quantitative estimate of drug-likeness (QED) is 0.826. The van der Waals surface area contributed by atoms with E-state index < -0.39 is 11.6 Å². The van der Waals surface area contributed by atoms with Crippen LogP contribution in [0.4, 0.5) is 25.5 Å². The average Bonchev–Trinajstić information content (AvgIpc) is 2.58. The van der Waals surface area contributed by atoms with E-state index in [1.165, 1.54) is 6.07 Å². The van der Waals surface area contributed by atoms with Gasteiger partial charge in [0, 0.05) is 11.5 Å². The van der Waals surface area contributed by atoms with Crippen LogP contribution in [0.2, 0.25) is 0 Å². The summed E-state index contributed by atoms with van der Waals surface area (Å²) in [5, 5.41) is 2.72. The second-order valence-corrected chi connectivity index (χ2v) is 3.43. The number of nitrogen functional groups attached to an aromatic ring is 1. The maximum atomic E-state index is 13.2. The van der Waals surface area contributed by atoms with Gasteiger partial charge in [0.1, 0.15) is 17.3 Å². The van der Waals surface area contributed by atoms with Crippen LogP contribution in [0.5, 0.6) is 0 Å². The van der Waals surface area contributed by atoms with E-state index >= 15 is 0 Å². The smallest absolute Gasteiger partial charge is 0.233 e. The molecule has 0 bridgehead atoms. The summed E-state index contributed by atoms with van der Waals surface area (Å²) in [5.74, 6) is -1.31. The predicted molar refractivity (Wildman–Crippen MR) is 54.0 cm³/mol. The number of hydrogen-bond acceptors (Lipinski definition) is 5. The summed E-state index contributed by atoms with van der Waals surface area (Å²) in [5.41, 5.74) is 5.01. The van der Waals surface area contributed by atoms with Gasteiger partial charge >= 0.3 is 0 Å². The SMILES string of the molecule is Nc1nsc(Nc2c(F)cccc2F)n1. The molecule has 0 aliphatic heterocycles. The van der Waals surface area contributed by atoms with Crippen LogP contribution in [-0.2, 0) is 0 Å². The van der Waals surface area contributed by atoms with Gasteiger partial charge in [0.25, 0.3) is 0 Å². The fraction of sp³-hybridized carbons (Fsp3) is 0. The summed E-state index contributed by atoms with van der Waals surface area (Å²) in [6.07, 6.45) is 0. The number of rotatable bonds is 2. The van der Waals surface area contributed by atoms with Gasteiger partial charge in [-0.05, 0) is 12.1 Å². The number of nitrogens with one attached hydrogen (secondary N) is 1. The van der Waals surface area contributed by atoms with Gasteiger partial charge in [-0.25, -0.2) is 8.78 Å². The van der Waals surface area contributed by atoms with E-state index in [4.69, 9.17) is 5.73 Å².